The van der Waals surface area contributed by atoms with Crippen LogP contribution in [0.2, 0.25) is 0 Å². The number of hydrogen-bond acceptors (Lipinski definition) is 2. The van der Waals surface area contributed by atoms with Crippen molar-refractivity contribution in [2.45, 2.75) is 26.2 Å². The molecule has 0 radical (unpaired) electrons. The van der Waals surface area contributed by atoms with Gasteiger partial charge in [-0.05, 0) is 43.7 Å². The monoisotopic (exact) mass is 262 g/mol. The molecule has 2 unspecified atom stereocenters. The topological polar surface area (TPSA) is 61.4 Å². The molecule has 1 aromatic carbocycles. The maximum Gasteiger partial charge on any atom is 0.319 e. The maximum absolute atomic E-state index is 11.8. The van der Waals surface area contributed by atoms with Crippen LogP contribution in [0.1, 0.15) is 24.8 Å². The third kappa shape index (κ3) is 3.96. The summed E-state index contributed by atoms with van der Waals surface area (Å²) in [6, 6.07) is 7.54. The largest absolute Gasteiger partial charge is 0.396 e. The van der Waals surface area contributed by atoms with Gasteiger partial charge >= 0.3 is 6.03 Å². The fourth-order valence-corrected chi connectivity index (χ4v) is 2.66. The number of urea groups is 1. The van der Waals surface area contributed by atoms with E-state index in [9.17, 15) is 9.90 Å². The van der Waals surface area contributed by atoms with E-state index in [1.807, 2.05) is 31.2 Å². The van der Waals surface area contributed by atoms with Crippen molar-refractivity contribution < 1.29 is 9.90 Å². The number of aryl methyl sites for hydroxylation is 1. The Labute approximate surface area is 114 Å². The first-order valence-corrected chi connectivity index (χ1v) is 6.91. The van der Waals surface area contributed by atoms with E-state index in [4.69, 9.17) is 0 Å². The second-order valence-corrected chi connectivity index (χ2v) is 5.33. The van der Waals surface area contributed by atoms with Crippen molar-refractivity contribution >= 4 is 11.7 Å². The van der Waals surface area contributed by atoms with Gasteiger partial charge in [0.1, 0.15) is 0 Å². The van der Waals surface area contributed by atoms with Crippen LogP contribution in [0.3, 0.4) is 0 Å². The summed E-state index contributed by atoms with van der Waals surface area (Å²) in [7, 11) is 0. The van der Waals surface area contributed by atoms with Gasteiger partial charge in [0.15, 0.2) is 0 Å². The average molecular weight is 262 g/mol. The minimum absolute atomic E-state index is 0.174. The third-order valence-corrected chi connectivity index (χ3v) is 3.89. The molecule has 0 heterocycles. The maximum atomic E-state index is 11.8. The molecule has 2 rings (SSSR count). The molecule has 1 fully saturated rings. The number of amides is 2. The normalized spacial score (nSPS) is 22.2. The van der Waals surface area contributed by atoms with E-state index in [1.165, 1.54) is 5.56 Å². The zero-order chi connectivity index (χ0) is 13.7. The third-order valence-electron chi connectivity index (χ3n) is 3.89. The van der Waals surface area contributed by atoms with Crippen LogP contribution in [-0.4, -0.2) is 24.3 Å². The minimum Gasteiger partial charge on any atom is -0.396 e. The SMILES string of the molecule is Cc1ccc(NC(=O)NCC2CCCC2CO)cc1. The van der Waals surface area contributed by atoms with Crippen LogP contribution in [0.5, 0.6) is 0 Å². The Morgan fingerprint density at radius 1 is 1.26 bits per heavy atom. The van der Waals surface area contributed by atoms with Crippen LogP contribution < -0.4 is 10.6 Å². The molecule has 0 aromatic heterocycles. The molecule has 4 heteroatoms. The summed E-state index contributed by atoms with van der Waals surface area (Å²) >= 11 is 0. The molecule has 3 N–H and O–H groups in total. The number of aliphatic hydroxyl groups is 1. The summed E-state index contributed by atoms with van der Waals surface area (Å²) < 4.78 is 0. The van der Waals surface area contributed by atoms with Gasteiger partial charge in [0.2, 0.25) is 0 Å². The predicted octanol–water partition coefficient (Wildman–Crippen LogP) is 2.53. The van der Waals surface area contributed by atoms with E-state index in [0.29, 0.717) is 18.4 Å². The standard InChI is InChI=1S/C15H22N2O2/c1-11-5-7-14(8-6-11)17-15(19)16-9-12-3-2-4-13(12)10-18/h5-8,12-13,18H,2-4,9-10H2,1H3,(H2,16,17,19). The summed E-state index contributed by atoms with van der Waals surface area (Å²) in [6.45, 7) is 2.88. The molecule has 0 bridgehead atoms. The van der Waals surface area contributed by atoms with Gasteiger partial charge in [-0.15, -0.1) is 0 Å². The smallest absolute Gasteiger partial charge is 0.319 e. The van der Waals surface area contributed by atoms with Crippen LogP contribution >= 0.6 is 0 Å². The molecule has 104 valence electrons. The van der Waals surface area contributed by atoms with Crippen molar-refractivity contribution in [3.63, 3.8) is 0 Å². The summed E-state index contributed by atoms with van der Waals surface area (Å²) in [5.74, 6) is 0.758. The lowest BCUT2D eigenvalue weighted by Gasteiger charge is -2.18. The number of anilines is 1. The number of benzene rings is 1. The number of rotatable bonds is 4. The number of hydrogen-bond donors (Lipinski definition) is 3. The minimum atomic E-state index is -0.174. The van der Waals surface area contributed by atoms with Gasteiger partial charge in [-0.1, -0.05) is 24.1 Å². The second-order valence-electron chi connectivity index (χ2n) is 5.33. The van der Waals surface area contributed by atoms with Gasteiger partial charge in [0, 0.05) is 18.8 Å². The van der Waals surface area contributed by atoms with Crippen LogP contribution in [0, 0.1) is 18.8 Å². The Balaban J connectivity index is 1.77. The van der Waals surface area contributed by atoms with E-state index in [2.05, 4.69) is 10.6 Å². The molecule has 1 saturated carbocycles. The van der Waals surface area contributed by atoms with Crippen molar-refractivity contribution in [1.29, 1.82) is 0 Å². The Morgan fingerprint density at radius 2 is 1.95 bits per heavy atom. The highest BCUT2D eigenvalue weighted by molar-refractivity contribution is 5.89. The van der Waals surface area contributed by atoms with E-state index >= 15 is 0 Å². The van der Waals surface area contributed by atoms with Gasteiger partial charge in [-0.2, -0.15) is 0 Å². The highest BCUT2D eigenvalue weighted by Gasteiger charge is 2.26. The van der Waals surface area contributed by atoms with Crippen molar-refractivity contribution in [1.82, 2.24) is 5.32 Å². The highest BCUT2D eigenvalue weighted by Crippen LogP contribution is 2.30. The lowest BCUT2D eigenvalue weighted by Crippen LogP contribution is -2.34. The molecule has 0 spiro atoms. The number of aliphatic hydroxyl groups excluding tert-OH is 1. The number of carbonyl (C=O) groups excluding carboxylic acids is 1. The van der Waals surface area contributed by atoms with Gasteiger partial charge in [-0.3, -0.25) is 0 Å². The van der Waals surface area contributed by atoms with Crippen molar-refractivity contribution in [3.8, 4) is 0 Å². The zero-order valence-electron chi connectivity index (χ0n) is 11.4. The van der Waals surface area contributed by atoms with Crippen LogP contribution in [-0.2, 0) is 0 Å². The Bertz CT molecular complexity index is 417. The zero-order valence-corrected chi connectivity index (χ0v) is 11.4. The first kappa shape index (κ1) is 13.9. The molecule has 0 aliphatic heterocycles. The number of carbonyl (C=O) groups is 1. The first-order valence-electron chi connectivity index (χ1n) is 6.91. The highest BCUT2D eigenvalue weighted by atomic mass is 16.3. The molecule has 4 nitrogen and oxygen atoms in total. The van der Waals surface area contributed by atoms with E-state index in [-0.39, 0.29) is 12.6 Å². The summed E-state index contributed by atoms with van der Waals surface area (Å²) in [6.07, 6.45) is 3.32. The fraction of sp³-hybridized carbons (Fsp3) is 0.533. The predicted molar refractivity (Wildman–Crippen MR) is 76.1 cm³/mol. The summed E-state index contributed by atoms with van der Waals surface area (Å²) in [5.41, 5.74) is 1.97. The molecule has 2 atom stereocenters. The van der Waals surface area contributed by atoms with E-state index in [0.717, 1.165) is 24.9 Å². The molecular formula is C15H22N2O2. The number of nitrogens with one attached hydrogen (secondary N) is 2. The molecular weight excluding hydrogens is 240 g/mol. The van der Waals surface area contributed by atoms with Crippen LogP contribution in [0.25, 0.3) is 0 Å². The Kier molecular flexibility index (Phi) is 4.80. The van der Waals surface area contributed by atoms with Crippen LogP contribution in [0.15, 0.2) is 24.3 Å². The lowest BCUT2D eigenvalue weighted by atomic mass is 9.97. The second kappa shape index (κ2) is 6.57. The van der Waals surface area contributed by atoms with Crippen LogP contribution in [0.4, 0.5) is 10.5 Å². The molecule has 1 aliphatic carbocycles. The van der Waals surface area contributed by atoms with Gasteiger partial charge < -0.3 is 15.7 Å². The Morgan fingerprint density at radius 3 is 2.63 bits per heavy atom. The fourth-order valence-electron chi connectivity index (χ4n) is 2.66. The average Bonchev–Trinajstić information content (AvgIpc) is 2.86. The lowest BCUT2D eigenvalue weighted by molar-refractivity contribution is 0.192. The molecule has 2 amide bonds. The van der Waals surface area contributed by atoms with E-state index < -0.39 is 0 Å². The first-order chi connectivity index (χ1) is 9.19. The molecule has 1 aliphatic rings. The van der Waals surface area contributed by atoms with Crippen molar-refractivity contribution in [3.05, 3.63) is 29.8 Å². The van der Waals surface area contributed by atoms with E-state index in [1.54, 1.807) is 0 Å². The molecule has 0 saturated heterocycles. The summed E-state index contributed by atoms with van der Waals surface area (Å²) in [5, 5.41) is 14.9. The van der Waals surface area contributed by atoms with Crippen molar-refractivity contribution in [2.24, 2.45) is 11.8 Å². The molecule has 19 heavy (non-hydrogen) atoms. The van der Waals surface area contributed by atoms with Crippen molar-refractivity contribution in [2.75, 3.05) is 18.5 Å². The summed E-state index contributed by atoms with van der Waals surface area (Å²) in [4.78, 5) is 11.8. The van der Waals surface area contributed by atoms with Gasteiger partial charge in [0.05, 0.1) is 0 Å². The molecule has 1 aromatic rings. The van der Waals surface area contributed by atoms with Gasteiger partial charge in [-0.25, -0.2) is 4.79 Å². The quantitative estimate of drug-likeness (QED) is 0.781. The van der Waals surface area contributed by atoms with Gasteiger partial charge in [0.25, 0.3) is 0 Å². The Hall–Kier alpha value is -1.55.